The van der Waals surface area contributed by atoms with Gasteiger partial charge in [0.2, 0.25) is 0 Å². The van der Waals surface area contributed by atoms with E-state index in [1.54, 1.807) is 12.4 Å². The molecule has 0 saturated carbocycles. The zero-order chi connectivity index (χ0) is 10.9. The van der Waals surface area contributed by atoms with Gasteiger partial charge in [0.1, 0.15) is 0 Å². The van der Waals surface area contributed by atoms with Gasteiger partial charge >= 0.3 is 0 Å². The van der Waals surface area contributed by atoms with Crippen molar-refractivity contribution in [1.29, 1.82) is 0 Å². The van der Waals surface area contributed by atoms with Gasteiger partial charge in [0.05, 0.1) is 0 Å². The molecule has 78 valence electrons. The first-order valence-corrected chi connectivity index (χ1v) is 4.89. The van der Waals surface area contributed by atoms with Crippen LogP contribution in [0.15, 0.2) is 41.3 Å². The fourth-order valence-electron chi connectivity index (χ4n) is 1.52. The first kappa shape index (κ1) is 10.1. The zero-order valence-electron chi connectivity index (χ0n) is 8.24. The van der Waals surface area contributed by atoms with Crippen LogP contribution >= 0.6 is 11.6 Å². The lowest BCUT2D eigenvalue weighted by Crippen LogP contribution is -2.39. The molecule has 1 aromatic rings. The Morgan fingerprint density at radius 1 is 1.40 bits per heavy atom. The number of halogens is 1. The summed E-state index contributed by atoms with van der Waals surface area (Å²) in [6.07, 6.45) is 5.19. The lowest BCUT2D eigenvalue weighted by molar-refractivity contribution is 0.577. The second kappa shape index (κ2) is 3.64. The predicted octanol–water partition coefficient (Wildman–Crippen LogP) is 1.29. The van der Waals surface area contributed by atoms with Gasteiger partial charge in [-0.25, -0.2) is 4.99 Å². The number of aromatic nitrogens is 1. The molecule has 0 radical (unpaired) electrons. The highest BCUT2D eigenvalue weighted by Crippen LogP contribution is 2.25. The Hall–Kier alpha value is -1.39. The van der Waals surface area contributed by atoms with E-state index < -0.39 is 5.66 Å². The van der Waals surface area contributed by atoms with Gasteiger partial charge in [-0.15, -0.1) is 0 Å². The molecule has 3 N–H and O–H groups in total. The number of nitrogens with one attached hydrogen (secondary N) is 1. The molecule has 1 atom stereocenters. The molecule has 0 aliphatic carbocycles. The van der Waals surface area contributed by atoms with E-state index in [0.29, 0.717) is 5.29 Å². The van der Waals surface area contributed by atoms with E-state index in [4.69, 9.17) is 17.3 Å². The summed E-state index contributed by atoms with van der Waals surface area (Å²) < 4.78 is 0. The number of amidine groups is 1. The molecule has 0 fully saturated rings. The molecule has 0 aromatic carbocycles. The first-order valence-electron chi connectivity index (χ1n) is 4.51. The van der Waals surface area contributed by atoms with Crippen LogP contribution in [0.25, 0.3) is 0 Å². The van der Waals surface area contributed by atoms with E-state index >= 15 is 0 Å². The van der Waals surface area contributed by atoms with Gasteiger partial charge in [-0.3, -0.25) is 10.7 Å². The highest BCUT2D eigenvalue weighted by molar-refractivity contribution is 6.65. The fourth-order valence-corrected chi connectivity index (χ4v) is 1.81. The molecule has 2 heterocycles. The maximum Gasteiger partial charge on any atom is 0.197 e. The first-order chi connectivity index (χ1) is 7.10. The molecule has 1 aliphatic heterocycles. The SMILES string of the molecule is CC1=CC(N)(c2ccncc2)N=C(Cl)N1. The van der Waals surface area contributed by atoms with Crippen LogP contribution in [0.2, 0.25) is 0 Å². The fraction of sp³-hybridized carbons (Fsp3) is 0.200. The van der Waals surface area contributed by atoms with Crippen molar-refractivity contribution >= 4 is 16.9 Å². The molecule has 0 spiro atoms. The molecular formula is C10H11ClN4. The molecule has 5 heteroatoms. The second-order valence-electron chi connectivity index (χ2n) is 3.42. The predicted molar refractivity (Wildman–Crippen MR) is 60.3 cm³/mol. The molecule has 0 amide bonds. The minimum absolute atomic E-state index is 0.300. The van der Waals surface area contributed by atoms with E-state index in [-0.39, 0.29) is 0 Å². The third-order valence-corrected chi connectivity index (χ3v) is 2.34. The lowest BCUT2D eigenvalue weighted by atomic mass is 10.0. The summed E-state index contributed by atoms with van der Waals surface area (Å²) in [5.41, 5.74) is 6.99. The van der Waals surface area contributed by atoms with Gasteiger partial charge in [0.15, 0.2) is 11.0 Å². The summed E-state index contributed by atoms with van der Waals surface area (Å²) in [7, 11) is 0. The smallest absolute Gasteiger partial charge is 0.197 e. The van der Waals surface area contributed by atoms with Crippen LogP contribution < -0.4 is 11.1 Å². The minimum Gasteiger partial charge on any atom is -0.335 e. The van der Waals surface area contributed by atoms with Crippen molar-refractivity contribution in [2.45, 2.75) is 12.6 Å². The van der Waals surface area contributed by atoms with Gasteiger partial charge in [-0.1, -0.05) is 0 Å². The Kier molecular flexibility index (Phi) is 2.46. The minimum atomic E-state index is -0.893. The van der Waals surface area contributed by atoms with Crippen LogP contribution in [0.3, 0.4) is 0 Å². The Bertz CT molecular complexity index is 406. The molecule has 1 aliphatic rings. The molecular weight excluding hydrogens is 212 g/mol. The van der Waals surface area contributed by atoms with Gasteiger partial charge in [0.25, 0.3) is 0 Å². The lowest BCUT2D eigenvalue weighted by Gasteiger charge is -2.27. The van der Waals surface area contributed by atoms with E-state index in [2.05, 4.69) is 15.3 Å². The van der Waals surface area contributed by atoms with Crippen molar-refractivity contribution in [2.24, 2.45) is 10.7 Å². The normalized spacial score (nSPS) is 25.3. The van der Waals surface area contributed by atoms with Crippen LogP contribution in [0.1, 0.15) is 12.5 Å². The molecule has 2 rings (SSSR count). The standard InChI is InChI=1S/C10H11ClN4/c1-7-6-10(12,15-9(11)14-7)8-2-4-13-5-3-8/h2-6H,12H2,1H3,(H,14,15). The molecule has 1 aromatic heterocycles. The maximum absolute atomic E-state index is 6.15. The number of nitrogens with zero attached hydrogens (tertiary/aromatic N) is 2. The van der Waals surface area contributed by atoms with Crippen molar-refractivity contribution in [3.05, 3.63) is 41.9 Å². The third kappa shape index (κ3) is 2.00. The van der Waals surface area contributed by atoms with Crippen LogP contribution in [0.4, 0.5) is 0 Å². The second-order valence-corrected chi connectivity index (χ2v) is 3.77. The highest BCUT2D eigenvalue weighted by Gasteiger charge is 2.27. The number of allylic oxidation sites excluding steroid dienone is 1. The van der Waals surface area contributed by atoms with Crippen molar-refractivity contribution in [3.63, 3.8) is 0 Å². The Labute approximate surface area is 92.9 Å². The average molecular weight is 223 g/mol. The number of nitrogens with two attached hydrogens (primary N) is 1. The summed E-state index contributed by atoms with van der Waals surface area (Å²) in [6, 6.07) is 3.64. The quantitative estimate of drug-likeness (QED) is 0.704. The number of aliphatic imine (C=N–C) groups is 1. The van der Waals surface area contributed by atoms with Crippen LogP contribution in [-0.2, 0) is 5.66 Å². The van der Waals surface area contributed by atoms with Crippen molar-refractivity contribution in [1.82, 2.24) is 10.3 Å². The number of rotatable bonds is 1. The summed E-state index contributed by atoms with van der Waals surface area (Å²) in [4.78, 5) is 8.12. The molecule has 0 bridgehead atoms. The molecule has 4 nitrogen and oxygen atoms in total. The average Bonchev–Trinajstić information content (AvgIpc) is 2.17. The van der Waals surface area contributed by atoms with E-state index in [1.807, 2.05) is 25.1 Å². The molecule has 1 unspecified atom stereocenters. The maximum atomic E-state index is 6.15. The van der Waals surface area contributed by atoms with Crippen LogP contribution in [-0.4, -0.2) is 10.3 Å². The van der Waals surface area contributed by atoms with E-state index in [0.717, 1.165) is 11.3 Å². The van der Waals surface area contributed by atoms with Gasteiger partial charge in [-0.2, -0.15) is 0 Å². The van der Waals surface area contributed by atoms with Crippen molar-refractivity contribution in [3.8, 4) is 0 Å². The molecule has 0 saturated heterocycles. The Morgan fingerprint density at radius 3 is 2.67 bits per heavy atom. The summed E-state index contributed by atoms with van der Waals surface area (Å²) in [5.74, 6) is 0. The summed E-state index contributed by atoms with van der Waals surface area (Å²) >= 11 is 5.85. The summed E-state index contributed by atoms with van der Waals surface area (Å²) in [6.45, 7) is 1.89. The zero-order valence-corrected chi connectivity index (χ0v) is 8.99. The topological polar surface area (TPSA) is 63.3 Å². The van der Waals surface area contributed by atoms with Crippen LogP contribution in [0.5, 0.6) is 0 Å². The van der Waals surface area contributed by atoms with Crippen molar-refractivity contribution in [2.75, 3.05) is 0 Å². The van der Waals surface area contributed by atoms with Gasteiger partial charge in [0, 0.05) is 23.7 Å². The van der Waals surface area contributed by atoms with Gasteiger partial charge in [-0.05, 0) is 36.7 Å². The summed E-state index contributed by atoms with van der Waals surface area (Å²) in [5, 5.41) is 3.19. The Morgan fingerprint density at radius 2 is 2.07 bits per heavy atom. The number of hydrogen-bond donors (Lipinski definition) is 2. The van der Waals surface area contributed by atoms with E-state index in [1.165, 1.54) is 0 Å². The van der Waals surface area contributed by atoms with Crippen LogP contribution in [0, 0.1) is 0 Å². The Balaban J connectivity index is 2.46. The largest absolute Gasteiger partial charge is 0.335 e. The monoisotopic (exact) mass is 222 g/mol. The highest BCUT2D eigenvalue weighted by atomic mass is 35.5. The van der Waals surface area contributed by atoms with Crippen molar-refractivity contribution < 1.29 is 0 Å². The van der Waals surface area contributed by atoms with Gasteiger partial charge < -0.3 is 5.32 Å². The number of pyridine rings is 1. The molecule has 15 heavy (non-hydrogen) atoms. The number of hydrogen-bond acceptors (Lipinski definition) is 4. The van der Waals surface area contributed by atoms with E-state index in [9.17, 15) is 0 Å². The third-order valence-electron chi connectivity index (χ3n) is 2.16.